The molecule has 5 nitrogen and oxygen atoms in total. The summed E-state index contributed by atoms with van der Waals surface area (Å²) in [5.41, 5.74) is 1.16. The van der Waals surface area contributed by atoms with Gasteiger partial charge in [-0.1, -0.05) is 0 Å². The SMILES string of the molecule is N#CC1CCC(C2CCC(N3C=C([C@@H](CO)CC(O)O)CC3)CC2)CC1. The average Bonchev–Trinajstić information content (AvgIpc) is 3.16. The number of aliphatic hydroxyl groups excluding tert-OH is 2. The van der Waals surface area contributed by atoms with Gasteiger partial charge in [0.15, 0.2) is 6.29 Å². The van der Waals surface area contributed by atoms with Gasteiger partial charge in [0.25, 0.3) is 0 Å². The van der Waals surface area contributed by atoms with Crippen LogP contribution in [0.25, 0.3) is 0 Å². The third kappa shape index (κ3) is 4.79. The summed E-state index contributed by atoms with van der Waals surface area (Å²) in [6.07, 6.45) is 11.7. The molecule has 1 heterocycles. The molecule has 146 valence electrons. The Bertz CT molecular complexity index is 512. The molecule has 0 aromatic rings. The van der Waals surface area contributed by atoms with Gasteiger partial charge in [0.05, 0.1) is 6.07 Å². The normalized spacial score (nSPS) is 33.8. The Labute approximate surface area is 157 Å². The second-order valence-electron chi connectivity index (χ2n) is 8.60. The fraction of sp³-hybridized carbons (Fsp3) is 0.857. The van der Waals surface area contributed by atoms with E-state index in [2.05, 4.69) is 17.2 Å². The van der Waals surface area contributed by atoms with Crippen LogP contribution in [0, 0.1) is 35.0 Å². The van der Waals surface area contributed by atoms with Gasteiger partial charge >= 0.3 is 0 Å². The minimum Gasteiger partial charge on any atom is -0.396 e. The van der Waals surface area contributed by atoms with Crippen molar-refractivity contribution in [1.29, 1.82) is 5.26 Å². The molecule has 1 atom stereocenters. The fourth-order valence-corrected chi connectivity index (χ4v) is 5.42. The molecule has 3 aliphatic rings. The molecule has 5 heteroatoms. The van der Waals surface area contributed by atoms with Gasteiger partial charge in [0, 0.05) is 37.5 Å². The van der Waals surface area contributed by atoms with Gasteiger partial charge in [0.2, 0.25) is 0 Å². The van der Waals surface area contributed by atoms with Gasteiger partial charge in [-0.15, -0.1) is 0 Å². The summed E-state index contributed by atoms with van der Waals surface area (Å²) in [6, 6.07) is 3.03. The van der Waals surface area contributed by atoms with Crippen LogP contribution in [0.15, 0.2) is 11.8 Å². The van der Waals surface area contributed by atoms with Gasteiger partial charge in [-0.05, 0) is 81.4 Å². The highest BCUT2D eigenvalue weighted by atomic mass is 16.5. The Kier molecular flexibility index (Phi) is 6.97. The van der Waals surface area contributed by atoms with Crippen LogP contribution in [-0.4, -0.2) is 45.7 Å². The fourth-order valence-electron chi connectivity index (χ4n) is 5.42. The molecule has 3 rings (SSSR count). The molecule has 26 heavy (non-hydrogen) atoms. The summed E-state index contributed by atoms with van der Waals surface area (Å²) in [5, 5.41) is 37.0. The molecule has 0 bridgehead atoms. The van der Waals surface area contributed by atoms with Crippen molar-refractivity contribution in [2.24, 2.45) is 23.7 Å². The van der Waals surface area contributed by atoms with Crippen LogP contribution < -0.4 is 0 Å². The number of rotatable bonds is 6. The van der Waals surface area contributed by atoms with Crippen molar-refractivity contribution >= 4 is 0 Å². The molecule has 0 unspecified atom stereocenters. The molecule has 3 N–H and O–H groups in total. The van der Waals surface area contributed by atoms with E-state index in [0.717, 1.165) is 43.2 Å². The van der Waals surface area contributed by atoms with E-state index in [0.29, 0.717) is 12.0 Å². The van der Waals surface area contributed by atoms with Crippen LogP contribution in [0.1, 0.15) is 64.2 Å². The van der Waals surface area contributed by atoms with E-state index < -0.39 is 6.29 Å². The molecule has 0 radical (unpaired) electrons. The maximum absolute atomic E-state index is 9.55. The maximum Gasteiger partial charge on any atom is 0.152 e. The van der Waals surface area contributed by atoms with E-state index in [1.54, 1.807) is 0 Å². The third-order valence-corrected chi connectivity index (χ3v) is 7.06. The second-order valence-corrected chi connectivity index (χ2v) is 8.60. The Morgan fingerprint density at radius 3 is 2.19 bits per heavy atom. The molecule has 2 aliphatic carbocycles. The molecule has 0 saturated heterocycles. The van der Waals surface area contributed by atoms with Gasteiger partial charge in [-0.2, -0.15) is 5.26 Å². The van der Waals surface area contributed by atoms with Crippen LogP contribution in [-0.2, 0) is 0 Å². The Balaban J connectivity index is 1.47. The summed E-state index contributed by atoms with van der Waals surface area (Å²) >= 11 is 0. The average molecular weight is 363 g/mol. The monoisotopic (exact) mass is 362 g/mol. The largest absolute Gasteiger partial charge is 0.396 e. The first-order chi connectivity index (χ1) is 12.6. The predicted molar refractivity (Wildman–Crippen MR) is 99.6 cm³/mol. The highest BCUT2D eigenvalue weighted by Crippen LogP contribution is 2.41. The zero-order chi connectivity index (χ0) is 18.5. The first-order valence-corrected chi connectivity index (χ1v) is 10.4. The predicted octanol–water partition coefficient (Wildman–Crippen LogP) is 2.77. The lowest BCUT2D eigenvalue weighted by Crippen LogP contribution is -2.35. The summed E-state index contributed by atoms with van der Waals surface area (Å²) in [7, 11) is 0. The standard InChI is InChI=1S/C21H34N2O3/c22-12-15-1-3-16(4-2-15)17-5-7-20(8-6-17)23-10-9-18(13-23)19(14-24)11-21(25)26/h13,15-17,19-21,24-26H,1-11,14H2/t15?,16?,17?,19-,20?/m1/s1. The minimum absolute atomic E-state index is 0.0184. The number of hydrogen-bond acceptors (Lipinski definition) is 5. The highest BCUT2D eigenvalue weighted by molar-refractivity contribution is 5.13. The first kappa shape index (κ1) is 19.7. The lowest BCUT2D eigenvalue weighted by Gasteiger charge is -2.39. The zero-order valence-corrected chi connectivity index (χ0v) is 15.8. The lowest BCUT2D eigenvalue weighted by atomic mass is 9.70. The van der Waals surface area contributed by atoms with Crippen molar-refractivity contribution in [3.8, 4) is 6.07 Å². The van der Waals surface area contributed by atoms with E-state index in [-0.39, 0.29) is 18.9 Å². The third-order valence-electron chi connectivity index (χ3n) is 7.06. The van der Waals surface area contributed by atoms with Gasteiger partial charge in [-0.3, -0.25) is 0 Å². The van der Waals surface area contributed by atoms with Crippen LogP contribution in [0.4, 0.5) is 0 Å². The number of nitriles is 1. The van der Waals surface area contributed by atoms with E-state index in [9.17, 15) is 15.3 Å². The number of hydrogen-bond donors (Lipinski definition) is 3. The van der Waals surface area contributed by atoms with E-state index in [1.807, 2.05) is 0 Å². The quantitative estimate of drug-likeness (QED) is 0.633. The van der Waals surface area contributed by atoms with E-state index >= 15 is 0 Å². The molecule has 2 fully saturated rings. The second kappa shape index (κ2) is 9.21. The van der Waals surface area contributed by atoms with Crippen molar-refractivity contribution in [3.63, 3.8) is 0 Å². The summed E-state index contributed by atoms with van der Waals surface area (Å²) < 4.78 is 0. The van der Waals surface area contributed by atoms with Gasteiger partial charge in [-0.25, -0.2) is 0 Å². The summed E-state index contributed by atoms with van der Waals surface area (Å²) in [6.45, 7) is 0.978. The Morgan fingerprint density at radius 2 is 1.65 bits per heavy atom. The van der Waals surface area contributed by atoms with Crippen molar-refractivity contribution < 1.29 is 15.3 Å². The summed E-state index contributed by atoms with van der Waals surface area (Å²) in [4.78, 5) is 2.44. The van der Waals surface area contributed by atoms with E-state index in [1.165, 1.54) is 38.5 Å². The van der Waals surface area contributed by atoms with Crippen molar-refractivity contribution in [2.45, 2.75) is 76.5 Å². The van der Waals surface area contributed by atoms with Crippen molar-refractivity contribution in [2.75, 3.05) is 13.2 Å². The topological polar surface area (TPSA) is 87.7 Å². The molecular formula is C21H34N2O3. The number of aliphatic hydroxyl groups is 3. The molecular weight excluding hydrogens is 328 g/mol. The smallest absolute Gasteiger partial charge is 0.152 e. The van der Waals surface area contributed by atoms with Crippen molar-refractivity contribution in [1.82, 2.24) is 4.90 Å². The highest BCUT2D eigenvalue weighted by Gasteiger charge is 2.33. The van der Waals surface area contributed by atoms with Gasteiger partial charge < -0.3 is 20.2 Å². The summed E-state index contributed by atoms with van der Waals surface area (Å²) in [5.74, 6) is 1.83. The van der Waals surface area contributed by atoms with Crippen LogP contribution >= 0.6 is 0 Å². The van der Waals surface area contributed by atoms with Crippen LogP contribution in [0.5, 0.6) is 0 Å². The van der Waals surface area contributed by atoms with Crippen molar-refractivity contribution in [3.05, 3.63) is 11.8 Å². The van der Waals surface area contributed by atoms with Gasteiger partial charge in [0.1, 0.15) is 0 Å². The van der Waals surface area contributed by atoms with Crippen LogP contribution in [0.2, 0.25) is 0 Å². The molecule has 2 saturated carbocycles. The molecule has 0 aromatic heterocycles. The maximum atomic E-state index is 9.55. The molecule has 0 aromatic carbocycles. The van der Waals surface area contributed by atoms with Crippen LogP contribution in [0.3, 0.4) is 0 Å². The molecule has 0 spiro atoms. The Morgan fingerprint density at radius 1 is 1.04 bits per heavy atom. The lowest BCUT2D eigenvalue weighted by molar-refractivity contribution is -0.0569. The molecule has 1 aliphatic heterocycles. The molecule has 0 amide bonds. The first-order valence-electron chi connectivity index (χ1n) is 10.4. The minimum atomic E-state index is -1.35. The number of nitrogens with zero attached hydrogens (tertiary/aromatic N) is 2. The van der Waals surface area contributed by atoms with E-state index in [4.69, 9.17) is 5.26 Å². The Hall–Kier alpha value is -1.09. The zero-order valence-electron chi connectivity index (χ0n) is 15.8.